The maximum atomic E-state index is 13.0. The number of benzene rings is 1. The number of nitrogens with one attached hydrogen (secondary N) is 1. The van der Waals surface area contributed by atoms with Crippen LogP contribution < -0.4 is 5.32 Å². The lowest BCUT2D eigenvalue weighted by Crippen LogP contribution is -2.30. The minimum absolute atomic E-state index is 0.0163. The molecule has 20 heavy (non-hydrogen) atoms. The van der Waals surface area contributed by atoms with Crippen LogP contribution in [0.1, 0.15) is 31.1 Å². The number of hydrogen-bond acceptors (Lipinski definition) is 3. The highest BCUT2D eigenvalue weighted by atomic mass is 19.1. The van der Waals surface area contributed by atoms with Gasteiger partial charge in [0.2, 0.25) is 0 Å². The molecule has 0 saturated heterocycles. The zero-order chi connectivity index (χ0) is 14.5. The average Bonchev–Trinajstić information content (AvgIpc) is 2.38. The van der Waals surface area contributed by atoms with Crippen LogP contribution in [0.25, 0.3) is 0 Å². The summed E-state index contributed by atoms with van der Waals surface area (Å²) in [6, 6.07) is 10.5. The second kappa shape index (κ2) is 6.48. The van der Waals surface area contributed by atoms with Gasteiger partial charge in [-0.25, -0.2) is 4.39 Å². The molecule has 0 bridgehead atoms. The van der Waals surface area contributed by atoms with Gasteiger partial charge in [0, 0.05) is 6.04 Å². The summed E-state index contributed by atoms with van der Waals surface area (Å²) in [4.78, 5) is 4.15. The first-order valence-corrected chi connectivity index (χ1v) is 6.70. The van der Waals surface area contributed by atoms with E-state index in [0.717, 1.165) is 11.3 Å². The number of pyridine rings is 1. The Morgan fingerprint density at radius 1 is 1.25 bits per heavy atom. The molecule has 1 atom stereocenters. The maximum absolute atomic E-state index is 13.0. The molecule has 0 fully saturated rings. The van der Waals surface area contributed by atoms with Crippen molar-refractivity contribution in [2.24, 2.45) is 0 Å². The number of phenols is 1. The predicted molar refractivity (Wildman–Crippen MR) is 77.0 cm³/mol. The Hall–Kier alpha value is -1.94. The molecule has 0 spiro atoms. The van der Waals surface area contributed by atoms with E-state index >= 15 is 0 Å². The topological polar surface area (TPSA) is 45.1 Å². The van der Waals surface area contributed by atoms with Crippen LogP contribution in [0.15, 0.2) is 42.6 Å². The Labute approximate surface area is 118 Å². The van der Waals surface area contributed by atoms with Crippen molar-refractivity contribution in [2.45, 2.75) is 32.4 Å². The van der Waals surface area contributed by atoms with Crippen LogP contribution in [0.3, 0.4) is 0 Å². The highest BCUT2D eigenvalue weighted by molar-refractivity contribution is 5.28. The van der Waals surface area contributed by atoms with Crippen LogP contribution in [0.5, 0.6) is 5.75 Å². The van der Waals surface area contributed by atoms with E-state index in [2.05, 4.69) is 24.1 Å². The Kier molecular flexibility index (Phi) is 4.69. The number of aromatic hydroxyl groups is 1. The molecular formula is C16H19FN2O. The van der Waals surface area contributed by atoms with Crippen LogP contribution in [0.2, 0.25) is 0 Å². The van der Waals surface area contributed by atoms with Crippen molar-refractivity contribution in [3.8, 4) is 5.75 Å². The molecule has 2 N–H and O–H groups in total. The summed E-state index contributed by atoms with van der Waals surface area (Å²) in [6.07, 6.45) is 1.91. The summed E-state index contributed by atoms with van der Waals surface area (Å²) in [6.45, 7) is 4.11. The minimum atomic E-state index is -0.339. The molecule has 0 saturated carbocycles. The Bertz CT molecular complexity index is 555. The quantitative estimate of drug-likeness (QED) is 0.880. The van der Waals surface area contributed by atoms with Gasteiger partial charge in [-0.3, -0.25) is 4.98 Å². The van der Waals surface area contributed by atoms with E-state index in [0.29, 0.717) is 6.42 Å². The molecule has 0 aliphatic heterocycles. The van der Waals surface area contributed by atoms with Crippen molar-refractivity contribution in [3.63, 3.8) is 0 Å². The summed E-state index contributed by atoms with van der Waals surface area (Å²) in [7, 11) is 0. The first-order chi connectivity index (χ1) is 9.54. The summed E-state index contributed by atoms with van der Waals surface area (Å²) in [5.74, 6) is -0.0905. The van der Waals surface area contributed by atoms with Crippen molar-refractivity contribution < 1.29 is 9.50 Å². The third-order valence-electron chi connectivity index (χ3n) is 2.99. The second-order valence-electron chi connectivity index (χ2n) is 5.15. The number of nitrogens with zero attached hydrogens (tertiary/aromatic N) is 1. The van der Waals surface area contributed by atoms with Gasteiger partial charge in [0.05, 0.1) is 17.9 Å². The zero-order valence-electron chi connectivity index (χ0n) is 11.7. The third kappa shape index (κ3) is 4.03. The first kappa shape index (κ1) is 14.5. The van der Waals surface area contributed by atoms with E-state index in [4.69, 9.17) is 0 Å². The van der Waals surface area contributed by atoms with E-state index < -0.39 is 0 Å². The van der Waals surface area contributed by atoms with Gasteiger partial charge < -0.3 is 10.4 Å². The lowest BCUT2D eigenvalue weighted by molar-refractivity contribution is 0.459. The largest absolute Gasteiger partial charge is 0.508 e. The van der Waals surface area contributed by atoms with Gasteiger partial charge in [-0.05, 0) is 36.2 Å². The molecule has 2 rings (SSSR count). The Morgan fingerprint density at radius 2 is 2.05 bits per heavy atom. The minimum Gasteiger partial charge on any atom is -0.508 e. The van der Waals surface area contributed by atoms with Gasteiger partial charge in [0.25, 0.3) is 0 Å². The Morgan fingerprint density at radius 3 is 2.65 bits per heavy atom. The number of aromatic nitrogens is 1. The number of halogens is 1. The van der Waals surface area contributed by atoms with Gasteiger partial charge >= 0.3 is 0 Å². The average molecular weight is 274 g/mol. The monoisotopic (exact) mass is 274 g/mol. The van der Waals surface area contributed by atoms with Gasteiger partial charge in [0.15, 0.2) is 0 Å². The molecule has 106 valence electrons. The molecule has 3 nitrogen and oxygen atoms in total. The molecule has 2 aromatic rings. The molecule has 4 heteroatoms. The predicted octanol–water partition coefficient (Wildman–Crippen LogP) is 3.21. The highest BCUT2D eigenvalue weighted by Crippen LogP contribution is 2.20. The van der Waals surface area contributed by atoms with Crippen LogP contribution >= 0.6 is 0 Å². The number of phenolic OH excluding ortho intramolecular Hbond substituents is 1. The van der Waals surface area contributed by atoms with Crippen molar-refractivity contribution in [3.05, 3.63) is 59.7 Å². The molecule has 1 unspecified atom stereocenters. The fourth-order valence-corrected chi connectivity index (χ4v) is 2.16. The molecule has 0 amide bonds. The molecule has 1 aromatic heterocycles. The molecule has 0 aliphatic carbocycles. The van der Waals surface area contributed by atoms with E-state index in [1.807, 2.05) is 12.1 Å². The van der Waals surface area contributed by atoms with Crippen molar-refractivity contribution in [1.29, 1.82) is 0 Å². The molecule has 1 heterocycles. The highest BCUT2D eigenvalue weighted by Gasteiger charge is 2.15. The van der Waals surface area contributed by atoms with Gasteiger partial charge in [-0.2, -0.15) is 0 Å². The van der Waals surface area contributed by atoms with Crippen LogP contribution in [0.4, 0.5) is 4.39 Å². The fourth-order valence-electron chi connectivity index (χ4n) is 2.16. The van der Waals surface area contributed by atoms with E-state index in [9.17, 15) is 9.50 Å². The van der Waals surface area contributed by atoms with Crippen molar-refractivity contribution in [1.82, 2.24) is 10.3 Å². The third-order valence-corrected chi connectivity index (χ3v) is 2.99. The summed E-state index contributed by atoms with van der Waals surface area (Å²) < 4.78 is 13.0. The molecule has 0 radical (unpaired) electrons. The SMILES string of the molecule is CC(C)NC(Cc1cccc(O)c1)c1ccc(F)cn1. The molecule has 1 aromatic carbocycles. The van der Waals surface area contributed by atoms with Crippen molar-refractivity contribution >= 4 is 0 Å². The van der Waals surface area contributed by atoms with E-state index in [-0.39, 0.29) is 23.7 Å². The number of hydrogen-bond donors (Lipinski definition) is 2. The summed E-state index contributed by atoms with van der Waals surface area (Å²) in [5.41, 5.74) is 1.80. The Balaban J connectivity index is 2.21. The lowest BCUT2D eigenvalue weighted by Gasteiger charge is -2.21. The maximum Gasteiger partial charge on any atom is 0.141 e. The van der Waals surface area contributed by atoms with E-state index in [1.165, 1.54) is 12.3 Å². The van der Waals surface area contributed by atoms with Crippen LogP contribution in [0, 0.1) is 5.82 Å². The lowest BCUT2D eigenvalue weighted by atomic mass is 10.0. The van der Waals surface area contributed by atoms with Crippen LogP contribution in [-0.2, 0) is 6.42 Å². The number of rotatable bonds is 5. The summed E-state index contributed by atoms with van der Waals surface area (Å²) in [5, 5.41) is 12.9. The van der Waals surface area contributed by atoms with E-state index in [1.54, 1.807) is 18.2 Å². The van der Waals surface area contributed by atoms with Gasteiger partial charge in [0.1, 0.15) is 11.6 Å². The fraction of sp³-hybridized carbons (Fsp3) is 0.312. The smallest absolute Gasteiger partial charge is 0.141 e. The van der Waals surface area contributed by atoms with Gasteiger partial charge in [-0.15, -0.1) is 0 Å². The second-order valence-corrected chi connectivity index (χ2v) is 5.15. The normalized spacial score (nSPS) is 12.6. The van der Waals surface area contributed by atoms with Crippen LogP contribution in [-0.4, -0.2) is 16.1 Å². The standard InChI is InChI=1S/C16H19FN2O/c1-11(2)19-16(15-7-6-13(17)10-18-15)9-12-4-3-5-14(20)8-12/h3-8,10-11,16,19-20H,9H2,1-2H3. The van der Waals surface area contributed by atoms with Crippen molar-refractivity contribution in [2.75, 3.05) is 0 Å². The summed E-state index contributed by atoms with van der Waals surface area (Å²) >= 11 is 0. The zero-order valence-corrected chi connectivity index (χ0v) is 11.7. The molecular weight excluding hydrogens is 255 g/mol. The molecule has 0 aliphatic rings. The first-order valence-electron chi connectivity index (χ1n) is 6.70. The van der Waals surface area contributed by atoms with Gasteiger partial charge in [-0.1, -0.05) is 26.0 Å².